The van der Waals surface area contributed by atoms with Crippen molar-refractivity contribution in [2.45, 2.75) is 24.9 Å². The molecule has 2 bridgehead atoms. The molecular formula is C28H25N5O3. The number of methoxy groups -OCH3 is 1. The minimum Gasteiger partial charge on any atom is -0.497 e. The van der Waals surface area contributed by atoms with E-state index in [0.717, 1.165) is 64.0 Å². The number of carbonyl (C=O) groups is 1. The minimum absolute atomic E-state index is 0.101. The summed E-state index contributed by atoms with van der Waals surface area (Å²) in [5.74, 6) is 1.06. The maximum atomic E-state index is 13.9. The Bertz CT molecular complexity index is 1530. The van der Waals surface area contributed by atoms with E-state index in [2.05, 4.69) is 31.7 Å². The van der Waals surface area contributed by atoms with E-state index in [0.29, 0.717) is 5.92 Å². The van der Waals surface area contributed by atoms with Gasteiger partial charge in [-0.2, -0.15) is 5.10 Å². The third-order valence-corrected chi connectivity index (χ3v) is 8.09. The lowest BCUT2D eigenvalue weighted by Crippen LogP contribution is -2.53. The monoisotopic (exact) mass is 479 g/mol. The summed E-state index contributed by atoms with van der Waals surface area (Å²) in [6.45, 7) is 0. The van der Waals surface area contributed by atoms with Crippen molar-refractivity contribution >= 4 is 28.2 Å². The van der Waals surface area contributed by atoms with Crippen LogP contribution in [0.2, 0.25) is 0 Å². The van der Waals surface area contributed by atoms with Gasteiger partial charge in [-0.25, -0.2) is 0 Å². The van der Waals surface area contributed by atoms with Crippen LogP contribution in [0, 0.1) is 17.8 Å². The molecule has 0 saturated heterocycles. The van der Waals surface area contributed by atoms with Gasteiger partial charge < -0.3 is 14.9 Å². The molecule has 4 aromatic rings. The number of rotatable bonds is 5. The molecule has 2 aromatic heterocycles. The quantitative estimate of drug-likeness (QED) is 0.429. The molecule has 8 heteroatoms. The number of pyridine rings is 1. The third-order valence-electron chi connectivity index (χ3n) is 8.09. The zero-order chi connectivity index (χ0) is 24.3. The summed E-state index contributed by atoms with van der Waals surface area (Å²) in [6, 6.07) is 15.7. The number of nitrogens with one attached hydrogen (secondary N) is 2. The maximum absolute atomic E-state index is 13.9. The van der Waals surface area contributed by atoms with Crippen LogP contribution in [-0.2, 0) is 9.63 Å². The first kappa shape index (κ1) is 21.1. The van der Waals surface area contributed by atoms with E-state index in [-0.39, 0.29) is 17.7 Å². The number of amides is 1. The summed E-state index contributed by atoms with van der Waals surface area (Å²) in [7, 11) is 1.66. The Kier molecular flexibility index (Phi) is 4.64. The van der Waals surface area contributed by atoms with Crippen LogP contribution in [0.1, 0.15) is 24.8 Å². The van der Waals surface area contributed by atoms with Crippen LogP contribution in [0.4, 0.5) is 5.69 Å². The van der Waals surface area contributed by atoms with Crippen LogP contribution in [-0.4, -0.2) is 39.5 Å². The van der Waals surface area contributed by atoms with Gasteiger partial charge in [0, 0.05) is 40.5 Å². The number of benzene rings is 2. The second-order valence-corrected chi connectivity index (χ2v) is 9.93. The average molecular weight is 480 g/mol. The first-order valence-corrected chi connectivity index (χ1v) is 12.3. The molecule has 2 saturated carbocycles. The molecule has 180 valence electrons. The SMILES string of the molecule is COc1cccc(-c2cncc(C3=NO[C@]4(C(=O)Nc5ccc6[nH]ncc6c5)[C@H]5CC[C@H](C5)[C@H]34)c2)c1. The number of oxime groups is 1. The zero-order valence-electron chi connectivity index (χ0n) is 19.8. The highest BCUT2D eigenvalue weighted by Crippen LogP contribution is 2.60. The summed E-state index contributed by atoms with van der Waals surface area (Å²) >= 11 is 0. The van der Waals surface area contributed by atoms with Crippen LogP contribution < -0.4 is 10.1 Å². The molecule has 3 aliphatic rings. The Morgan fingerprint density at radius 2 is 2.00 bits per heavy atom. The Hall–Kier alpha value is -4.20. The van der Waals surface area contributed by atoms with E-state index in [4.69, 9.17) is 9.57 Å². The first-order chi connectivity index (χ1) is 17.7. The van der Waals surface area contributed by atoms with Gasteiger partial charge in [0.15, 0.2) is 0 Å². The number of aromatic amines is 1. The smallest absolute Gasteiger partial charge is 0.272 e. The van der Waals surface area contributed by atoms with Crippen molar-refractivity contribution in [3.8, 4) is 16.9 Å². The van der Waals surface area contributed by atoms with Crippen molar-refractivity contribution in [1.29, 1.82) is 0 Å². The lowest BCUT2D eigenvalue weighted by atomic mass is 9.71. The van der Waals surface area contributed by atoms with E-state index >= 15 is 0 Å². The minimum atomic E-state index is -0.991. The van der Waals surface area contributed by atoms with Crippen LogP contribution >= 0.6 is 0 Å². The molecule has 2 aliphatic carbocycles. The van der Waals surface area contributed by atoms with Gasteiger partial charge in [-0.05, 0) is 67.1 Å². The van der Waals surface area contributed by atoms with E-state index in [1.807, 2.05) is 54.9 Å². The predicted octanol–water partition coefficient (Wildman–Crippen LogP) is 4.79. The van der Waals surface area contributed by atoms with Crippen molar-refractivity contribution in [3.63, 3.8) is 0 Å². The molecule has 0 radical (unpaired) electrons. The number of nitrogens with zero attached hydrogens (tertiary/aromatic N) is 3. The Morgan fingerprint density at radius 1 is 1.08 bits per heavy atom. The van der Waals surface area contributed by atoms with Crippen molar-refractivity contribution in [2.24, 2.45) is 22.9 Å². The fourth-order valence-corrected chi connectivity index (χ4v) is 6.44. The number of H-pyrrole nitrogens is 1. The fourth-order valence-electron chi connectivity index (χ4n) is 6.44. The molecule has 4 atom stereocenters. The van der Waals surface area contributed by atoms with Crippen molar-refractivity contribution in [1.82, 2.24) is 15.2 Å². The molecule has 36 heavy (non-hydrogen) atoms. The van der Waals surface area contributed by atoms with Gasteiger partial charge in [-0.1, -0.05) is 17.3 Å². The number of fused-ring (bicyclic) bond motifs is 6. The van der Waals surface area contributed by atoms with Gasteiger partial charge in [-0.3, -0.25) is 14.9 Å². The van der Waals surface area contributed by atoms with Gasteiger partial charge in [0.2, 0.25) is 5.60 Å². The largest absolute Gasteiger partial charge is 0.497 e. The third kappa shape index (κ3) is 3.07. The molecule has 0 unspecified atom stereocenters. The number of anilines is 1. The number of aromatic nitrogens is 3. The van der Waals surface area contributed by atoms with Gasteiger partial charge in [0.05, 0.1) is 30.5 Å². The van der Waals surface area contributed by atoms with Gasteiger partial charge in [0.1, 0.15) is 5.75 Å². The van der Waals surface area contributed by atoms with Crippen LogP contribution in [0.25, 0.3) is 22.0 Å². The first-order valence-electron chi connectivity index (χ1n) is 12.3. The highest BCUT2D eigenvalue weighted by molar-refractivity contribution is 6.11. The lowest BCUT2D eigenvalue weighted by molar-refractivity contribution is -0.149. The second-order valence-electron chi connectivity index (χ2n) is 9.93. The van der Waals surface area contributed by atoms with E-state index in [1.54, 1.807) is 13.3 Å². The topological polar surface area (TPSA) is 101 Å². The lowest BCUT2D eigenvalue weighted by Gasteiger charge is -2.35. The summed E-state index contributed by atoms with van der Waals surface area (Å²) in [6.07, 6.45) is 8.43. The second kappa shape index (κ2) is 7.91. The van der Waals surface area contributed by atoms with E-state index in [9.17, 15) is 4.79 Å². The molecule has 0 spiro atoms. The summed E-state index contributed by atoms with van der Waals surface area (Å²) in [4.78, 5) is 24.5. The zero-order valence-corrected chi connectivity index (χ0v) is 19.8. The predicted molar refractivity (Wildman–Crippen MR) is 136 cm³/mol. The number of hydrogen-bond donors (Lipinski definition) is 2. The number of hydrogen-bond acceptors (Lipinski definition) is 6. The Morgan fingerprint density at radius 3 is 2.92 bits per heavy atom. The molecule has 1 amide bonds. The highest BCUT2D eigenvalue weighted by Gasteiger charge is 2.69. The van der Waals surface area contributed by atoms with Gasteiger partial charge in [-0.15, -0.1) is 0 Å². The maximum Gasteiger partial charge on any atom is 0.272 e. The Balaban J connectivity index is 1.22. The van der Waals surface area contributed by atoms with E-state index in [1.165, 1.54) is 0 Å². The molecule has 7 rings (SSSR count). The van der Waals surface area contributed by atoms with Gasteiger partial charge in [0.25, 0.3) is 5.91 Å². The summed E-state index contributed by atoms with van der Waals surface area (Å²) < 4.78 is 5.39. The van der Waals surface area contributed by atoms with Crippen molar-refractivity contribution in [2.75, 3.05) is 12.4 Å². The molecule has 2 aromatic carbocycles. The average Bonchev–Trinajstić information content (AvgIpc) is 3.70. The number of carbonyl (C=O) groups excluding carboxylic acids is 1. The summed E-state index contributed by atoms with van der Waals surface area (Å²) in [5.41, 5.74) is 4.35. The van der Waals surface area contributed by atoms with Gasteiger partial charge >= 0.3 is 0 Å². The highest BCUT2D eigenvalue weighted by atomic mass is 16.7. The molecule has 8 nitrogen and oxygen atoms in total. The van der Waals surface area contributed by atoms with Crippen LogP contribution in [0.5, 0.6) is 5.75 Å². The standard InChI is InChI=1S/C28H25N5O3/c1-35-23-4-2-3-16(12-23)18-9-20(14-29-13-18)26-25-17-5-6-21(10-17)28(25,36-33-26)27(34)31-22-7-8-24-19(11-22)15-30-32-24/h2-4,7-9,11-15,17,21,25H,5-6,10H2,1H3,(H,30,32)(H,31,34)/t17-,21+,25-,28-/m1/s1. The van der Waals surface area contributed by atoms with Crippen molar-refractivity contribution < 1.29 is 14.4 Å². The fraction of sp³-hybridized carbons (Fsp3) is 0.286. The molecule has 3 heterocycles. The van der Waals surface area contributed by atoms with E-state index < -0.39 is 5.60 Å². The van der Waals surface area contributed by atoms with Crippen molar-refractivity contribution in [3.05, 3.63) is 72.7 Å². The number of ether oxygens (including phenoxy) is 1. The summed E-state index contributed by atoms with van der Waals surface area (Å²) in [5, 5.41) is 15.6. The normalized spacial score (nSPS) is 25.9. The van der Waals surface area contributed by atoms with Crippen LogP contribution in [0.3, 0.4) is 0 Å². The molecular weight excluding hydrogens is 454 g/mol. The Labute approximate surface area is 207 Å². The molecule has 2 fully saturated rings. The van der Waals surface area contributed by atoms with Crippen LogP contribution in [0.15, 0.2) is 72.3 Å². The molecule has 2 N–H and O–H groups in total. The molecule has 1 aliphatic heterocycles.